The summed E-state index contributed by atoms with van der Waals surface area (Å²) >= 11 is 0. The number of rotatable bonds is 1. The third-order valence-corrected chi connectivity index (χ3v) is 2.84. The Morgan fingerprint density at radius 2 is 1.74 bits per heavy atom. The van der Waals surface area contributed by atoms with Crippen LogP contribution in [0.4, 0.5) is 0 Å². The van der Waals surface area contributed by atoms with Gasteiger partial charge in [-0.1, -0.05) is 30.3 Å². The fraction of sp³-hybridized carbons (Fsp3) is 0. The van der Waals surface area contributed by atoms with E-state index in [9.17, 15) is 0 Å². The molecule has 1 aromatic carbocycles. The van der Waals surface area contributed by atoms with Crippen molar-refractivity contribution < 1.29 is 0 Å². The standard InChI is InChI=1S/C13H8N6/c1-2-4-9(5-3-1)11-17-13-10-12(15-7-6-14-10)16-8-19(13)18-11/h1-8H. The van der Waals surface area contributed by atoms with Crippen molar-refractivity contribution in [3.05, 3.63) is 49.1 Å². The van der Waals surface area contributed by atoms with Gasteiger partial charge in [0.25, 0.3) is 0 Å². The number of hydrogen-bond acceptors (Lipinski definition) is 5. The van der Waals surface area contributed by atoms with Crippen molar-refractivity contribution in [1.82, 2.24) is 29.5 Å². The molecule has 0 N–H and O–H groups in total. The van der Waals surface area contributed by atoms with Crippen LogP contribution in [0.5, 0.6) is 0 Å². The minimum Gasteiger partial charge on any atom is -0.247 e. The summed E-state index contributed by atoms with van der Waals surface area (Å²) in [5, 5.41) is 4.41. The first-order valence-electron chi connectivity index (χ1n) is 5.79. The molecule has 4 aromatic rings. The van der Waals surface area contributed by atoms with Crippen molar-refractivity contribution in [1.29, 1.82) is 0 Å². The Balaban J connectivity index is 2.04. The summed E-state index contributed by atoms with van der Waals surface area (Å²) in [7, 11) is 0. The second-order valence-corrected chi connectivity index (χ2v) is 4.04. The van der Waals surface area contributed by atoms with E-state index in [0.29, 0.717) is 22.6 Å². The van der Waals surface area contributed by atoms with E-state index < -0.39 is 0 Å². The molecule has 0 aliphatic heterocycles. The SMILES string of the molecule is c1ccc(-c2nc3c4nccnc4ncn3n2)cc1. The Labute approximate surface area is 107 Å². The van der Waals surface area contributed by atoms with Gasteiger partial charge in [-0.3, -0.25) is 0 Å². The van der Waals surface area contributed by atoms with Gasteiger partial charge in [-0.15, -0.1) is 5.10 Å². The lowest BCUT2D eigenvalue weighted by atomic mass is 10.2. The normalized spacial score (nSPS) is 11.2. The first-order valence-corrected chi connectivity index (χ1v) is 5.79. The second-order valence-electron chi connectivity index (χ2n) is 4.04. The Morgan fingerprint density at radius 3 is 2.63 bits per heavy atom. The van der Waals surface area contributed by atoms with Crippen molar-refractivity contribution in [3.8, 4) is 11.4 Å². The molecular formula is C13H8N6. The van der Waals surface area contributed by atoms with Crippen molar-refractivity contribution in [2.24, 2.45) is 0 Å². The van der Waals surface area contributed by atoms with E-state index in [1.54, 1.807) is 23.2 Å². The van der Waals surface area contributed by atoms with Crippen LogP contribution in [-0.2, 0) is 0 Å². The van der Waals surface area contributed by atoms with Crippen LogP contribution in [0.25, 0.3) is 28.2 Å². The van der Waals surface area contributed by atoms with E-state index in [1.807, 2.05) is 30.3 Å². The van der Waals surface area contributed by atoms with E-state index in [4.69, 9.17) is 0 Å². The molecule has 6 heteroatoms. The lowest BCUT2D eigenvalue weighted by Gasteiger charge is -1.94. The molecule has 0 unspecified atom stereocenters. The maximum absolute atomic E-state index is 4.52. The van der Waals surface area contributed by atoms with Gasteiger partial charge in [0.05, 0.1) is 0 Å². The molecule has 0 spiro atoms. The highest BCUT2D eigenvalue weighted by atomic mass is 15.3. The van der Waals surface area contributed by atoms with Crippen molar-refractivity contribution in [2.75, 3.05) is 0 Å². The summed E-state index contributed by atoms with van der Waals surface area (Å²) in [5.41, 5.74) is 2.85. The topological polar surface area (TPSA) is 68.9 Å². The Bertz CT molecular complexity index is 868. The molecule has 6 nitrogen and oxygen atoms in total. The van der Waals surface area contributed by atoms with E-state index in [-0.39, 0.29) is 0 Å². The summed E-state index contributed by atoms with van der Waals surface area (Å²) < 4.78 is 1.62. The van der Waals surface area contributed by atoms with Crippen LogP contribution >= 0.6 is 0 Å². The molecule has 90 valence electrons. The quantitative estimate of drug-likeness (QED) is 0.513. The number of nitrogens with zero attached hydrogens (tertiary/aromatic N) is 6. The van der Waals surface area contributed by atoms with Gasteiger partial charge in [0, 0.05) is 18.0 Å². The van der Waals surface area contributed by atoms with Crippen LogP contribution in [0.1, 0.15) is 0 Å². The molecule has 3 heterocycles. The Kier molecular flexibility index (Phi) is 2.02. The number of benzene rings is 1. The molecule has 0 aliphatic rings. The van der Waals surface area contributed by atoms with Crippen LogP contribution < -0.4 is 0 Å². The second kappa shape index (κ2) is 3.81. The maximum atomic E-state index is 4.52. The third-order valence-electron chi connectivity index (χ3n) is 2.84. The number of fused-ring (bicyclic) bond motifs is 3. The predicted octanol–water partition coefficient (Wildman–Crippen LogP) is 1.73. The highest BCUT2D eigenvalue weighted by Gasteiger charge is 2.10. The van der Waals surface area contributed by atoms with Gasteiger partial charge < -0.3 is 0 Å². The van der Waals surface area contributed by atoms with Crippen LogP contribution in [0.2, 0.25) is 0 Å². The smallest absolute Gasteiger partial charge is 0.187 e. The van der Waals surface area contributed by atoms with Gasteiger partial charge in [-0.25, -0.2) is 19.9 Å². The van der Waals surface area contributed by atoms with Gasteiger partial charge >= 0.3 is 0 Å². The minimum absolute atomic E-state index is 0.571. The van der Waals surface area contributed by atoms with Crippen LogP contribution in [0.3, 0.4) is 0 Å². The van der Waals surface area contributed by atoms with Crippen molar-refractivity contribution in [2.45, 2.75) is 0 Å². The summed E-state index contributed by atoms with van der Waals surface area (Å²) in [6.45, 7) is 0. The molecule has 0 amide bonds. The molecule has 0 atom stereocenters. The first kappa shape index (κ1) is 10.1. The zero-order valence-electron chi connectivity index (χ0n) is 9.80. The third kappa shape index (κ3) is 1.54. The molecule has 19 heavy (non-hydrogen) atoms. The number of hydrogen-bond donors (Lipinski definition) is 0. The van der Waals surface area contributed by atoms with Gasteiger partial charge in [-0.05, 0) is 0 Å². The molecule has 0 saturated carbocycles. The molecule has 3 aromatic heterocycles. The summed E-state index contributed by atoms with van der Waals surface area (Å²) in [5.74, 6) is 0.653. The van der Waals surface area contributed by atoms with Gasteiger partial charge in [0.1, 0.15) is 6.33 Å². The Hall–Kier alpha value is -2.89. The summed E-state index contributed by atoms with van der Waals surface area (Å²) in [4.78, 5) is 17.2. The zero-order chi connectivity index (χ0) is 12.7. The average Bonchev–Trinajstić information content (AvgIpc) is 2.93. The van der Waals surface area contributed by atoms with Crippen LogP contribution in [0, 0.1) is 0 Å². The van der Waals surface area contributed by atoms with Crippen LogP contribution in [0.15, 0.2) is 49.1 Å². The molecule has 0 radical (unpaired) electrons. The predicted molar refractivity (Wildman–Crippen MR) is 69.3 cm³/mol. The monoisotopic (exact) mass is 248 g/mol. The van der Waals surface area contributed by atoms with Crippen molar-refractivity contribution >= 4 is 16.8 Å². The molecule has 0 saturated heterocycles. The largest absolute Gasteiger partial charge is 0.247 e. The molecular weight excluding hydrogens is 240 g/mol. The maximum Gasteiger partial charge on any atom is 0.187 e. The summed E-state index contributed by atoms with van der Waals surface area (Å²) in [6, 6.07) is 9.81. The van der Waals surface area contributed by atoms with Gasteiger partial charge in [0.15, 0.2) is 22.6 Å². The molecule has 4 rings (SSSR count). The van der Waals surface area contributed by atoms with E-state index in [2.05, 4.69) is 25.0 Å². The molecule has 0 fully saturated rings. The van der Waals surface area contributed by atoms with E-state index in [1.165, 1.54) is 0 Å². The fourth-order valence-corrected chi connectivity index (χ4v) is 1.97. The molecule has 0 aliphatic carbocycles. The van der Waals surface area contributed by atoms with Gasteiger partial charge in [-0.2, -0.15) is 4.52 Å². The average molecular weight is 248 g/mol. The lowest BCUT2D eigenvalue weighted by molar-refractivity contribution is 0.931. The van der Waals surface area contributed by atoms with E-state index >= 15 is 0 Å². The highest BCUT2D eigenvalue weighted by molar-refractivity contribution is 5.84. The van der Waals surface area contributed by atoms with Gasteiger partial charge in [0.2, 0.25) is 0 Å². The molecule has 0 bridgehead atoms. The highest BCUT2D eigenvalue weighted by Crippen LogP contribution is 2.18. The Morgan fingerprint density at radius 1 is 0.895 bits per heavy atom. The number of aromatic nitrogens is 6. The van der Waals surface area contributed by atoms with Crippen LogP contribution in [-0.4, -0.2) is 29.5 Å². The first-order chi connectivity index (χ1) is 9.42. The summed E-state index contributed by atoms with van der Waals surface area (Å²) in [6.07, 6.45) is 4.84. The fourth-order valence-electron chi connectivity index (χ4n) is 1.97. The van der Waals surface area contributed by atoms with Crippen molar-refractivity contribution in [3.63, 3.8) is 0 Å². The lowest BCUT2D eigenvalue weighted by Crippen LogP contribution is -1.94. The zero-order valence-corrected chi connectivity index (χ0v) is 9.80. The minimum atomic E-state index is 0.571. The van der Waals surface area contributed by atoms with E-state index in [0.717, 1.165) is 5.56 Å².